The number of halogens is 1. The SMILES string of the molecule is CC[C@](Br)(C(=O)c1ccc(N)cc1)S(C)(=O)=O. The minimum atomic E-state index is -3.54. The van der Waals surface area contributed by atoms with Gasteiger partial charge in [0, 0.05) is 17.5 Å². The standard InChI is InChI=1S/C11H14BrNO3S/c1-3-11(12,17(2,15)16)10(14)8-4-6-9(13)7-5-8/h4-7H,3,13H2,1-2H3/t11-/m1/s1. The van der Waals surface area contributed by atoms with Crippen LogP contribution in [-0.4, -0.2) is 24.1 Å². The predicted octanol–water partition coefficient (Wildman–Crippen LogP) is 2.00. The first kappa shape index (κ1) is 14.2. The molecule has 0 heterocycles. The van der Waals surface area contributed by atoms with Crippen molar-refractivity contribution in [1.82, 2.24) is 0 Å². The number of benzene rings is 1. The van der Waals surface area contributed by atoms with Gasteiger partial charge >= 0.3 is 0 Å². The van der Waals surface area contributed by atoms with Gasteiger partial charge in [-0.25, -0.2) is 8.42 Å². The fraction of sp³-hybridized carbons (Fsp3) is 0.364. The molecule has 0 spiro atoms. The van der Waals surface area contributed by atoms with Crippen LogP contribution in [0, 0.1) is 0 Å². The highest BCUT2D eigenvalue weighted by Crippen LogP contribution is 2.32. The van der Waals surface area contributed by atoms with Crippen LogP contribution in [0.15, 0.2) is 24.3 Å². The Labute approximate surface area is 109 Å². The fourth-order valence-electron chi connectivity index (χ4n) is 1.44. The van der Waals surface area contributed by atoms with Gasteiger partial charge < -0.3 is 5.73 Å². The summed E-state index contributed by atoms with van der Waals surface area (Å²) in [5.74, 6) is -0.470. The molecule has 1 aromatic carbocycles. The van der Waals surface area contributed by atoms with Crippen LogP contribution in [0.3, 0.4) is 0 Å². The van der Waals surface area contributed by atoms with E-state index in [1.165, 1.54) is 12.1 Å². The largest absolute Gasteiger partial charge is 0.399 e. The number of carbonyl (C=O) groups is 1. The number of nitrogens with two attached hydrogens (primary N) is 1. The molecule has 0 aliphatic carbocycles. The third-order valence-corrected chi connectivity index (χ3v) is 6.89. The third-order valence-electron chi connectivity index (χ3n) is 2.55. The number of anilines is 1. The molecule has 0 fully saturated rings. The van der Waals surface area contributed by atoms with E-state index < -0.39 is 19.3 Å². The van der Waals surface area contributed by atoms with Gasteiger partial charge in [-0.1, -0.05) is 22.9 Å². The molecular formula is C11H14BrNO3S. The number of nitrogen functional groups attached to an aromatic ring is 1. The highest BCUT2D eigenvalue weighted by Gasteiger charge is 2.44. The van der Waals surface area contributed by atoms with Gasteiger partial charge in [0.25, 0.3) is 0 Å². The lowest BCUT2D eigenvalue weighted by Crippen LogP contribution is -2.39. The second-order valence-electron chi connectivity index (χ2n) is 3.81. The molecule has 0 saturated carbocycles. The smallest absolute Gasteiger partial charge is 0.194 e. The van der Waals surface area contributed by atoms with Crippen LogP contribution in [0.25, 0.3) is 0 Å². The highest BCUT2D eigenvalue weighted by atomic mass is 79.9. The van der Waals surface area contributed by atoms with Crippen molar-refractivity contribution in [3.05, 3.63) is 29.8 Å². The van der Waals surface area contributed by atoms with Gasteiger partial charge in [0.15, 0.2) is 19.3 Å². The molecule has 1 aromatic rings. The number of Topliss-reactive ketones (excluding diaryl/α,β-unsaturated/α-hetero) is 1. The van der Waals surface area contributed by atoms with E-state index in [4.69, 9.17) is 5.73 Å². The topological polar surface area (TPSA) is 77.2 Å². The van der Waals surface area contributed by atoms with E-state index in [1.807, 2.05) is 0 Å². The number of hydrogen-bond acceptors (Lipinski definition) is 4. The van der Waals surface area contributed by atoms with Gasteiger partial charge in [-0.3, -0.25) is 4.79 Å². The molecule has 0 aromatic heterocycles. The Kier molecular flexibility index (Phi) is 3.99. The first-order valence-electron chi connectivity index (χ1n) is 5.01. The van der Waals surface area contributed by atoms with Crippen molar-refractivity contribution in [2.75, 3.05) is 12.0 Å². The number of rotatable bonds is 4. The molecule has 1 atom stereocenters. The van der Waals surface area contributed by atoms with Gasteiger partial charge in [-0.15, -0.1) is 0 Å². The van der Waals surface area contributed by atoms with Crippen LogP contribution < -0.4 is 5.73 Å². The van der Waals surface area contributed by atoms with E-state index >= 15 is 0 Å². The molecule has 2 N–H and O–H groups in total. The van der Waals surface area contributed by atoms with Gasteiger partial charge in [0.2, 0.25) is 0 Å². The van der Waals surface area contributed by atoms with Gasteiger partial charge in [-0.05, 0) is 30.7 Å². The van der Waals surface area contributed by atoms with Crippen LogP contribution in [0.2, 0.25) is 0 Å². The van der Waals surface area contributed by atoms with Crippen LogP contribution in [0.4, 0.5) is 5.69 Å². The second-order valence-corrected chi connectivity index (χ2v) is 7.93. The summed E-state index contributed by atoms with van der Waals surface area (Å²) in [6.07, 6.45) is 1.20. The van der Waals surface area contributed by atoms with Crippen molar-refractivity contribution in [2.45, 2.75) is 17.0 Å². The van der Waals surface area contributed by atoms with Crippen molar-refractivity contribution < 1.29 is 13.2 Å². The Morgan fingerprint density at radius 1 is 1.35 bits per heavy atom. The predicted molar refractivity (Wildman–Crippen MR) is 72.0 cm³/mol. The van der Waals surface area contributed by atoms with Crippen LogP contribution in [-0.2, 0) is 9.84 Å². The van der Waals surface area contributed by atoms with E-state index in [0.717, 1.165) is 6.26 Å². The molecule has 0 amide bonds. The van der Waals surface area contributed by atoms with Gasteiger partial charge in [0.1, 0.15) is 0 Å². The molecule has 4 nitrogen and oxygen atoms in total. The summed E-state index contributed by atoms with van der Waals surface area (Å²) in [7, 11) is -3.54. The Balaban J connectivity index is 3.24. The lowest BCUT2D eigenvalue weighted by atomic mass is 10.1. The third kappa shape index (κ3) is 2.69. The van der Waals surface area contributed by atoms with Gasteiger partial charge in [0.05, 0.1) is 0 Å². The fourth-order valence-corrected chi connectivity index (χ4v) is 2.65. The number of ketones is 1. The number of hydrogen-bond donors (Lipinski definition) is 1. The zero-order chi connectivity index (χ0) is 13.3. The maximum atomic E-state index is 12.2. The van der Waals surface area contributed by atoms with E-state index in [1.54, 1.807) is 19.1 Å². The lowest BCUT2D eigenvalue weighted by molar-refractivity contribution is 0.0976. The maximum absolute atomic E-state index is 12.2. The monoisotopic (exact) mass is 319 g/mol. The van der Waals surface area contributed by atoms with E-state index in [0.29, 0.717) is 11.3 Å². The molecule has 94 valence electrons. The number of carbonyl (C=O) groups excluding carboxylic acids is 1. The Morgan fingerprint density at radius 2 is 1.82 bits per heavy atom. The summed E-state index contributed by atoms with van der Waals surface area (Å²) in [4.78, 5) is 12.2. The zero-order valence-electron chi connectivity index (χ0n) is 9.60. The normalized spacial score (nSPS) is 15.2. The molecular weight excluding hydrogens is 306 g/mol. The molecule has 0 radical (unpaired) electrons. The number of alkyl halides is 1. The van der Waals surface area contributed by atoms with Crippen molar-refractivity contribution in [1.29, 1.82) is 0 Å². The molecule has 0 aliphatic rings. The molecule has 17 heavy (non-hydrogen) atoms. The number of sulfone groups is 1. The summed E-state index contributed by atoms with van der Waals surface area (Å²) in [5.41, 5.74) is 6.36. The summed E-state index contributed by atoms with van der Waals surface area (Å²) in [6, 6.07) is 6.18. The summed E-state index contributed by atoms with van der Waals surface area (Å²) < 4.78 is 21.8. The zero-order valence-corrected chi connectivity index (χ0v) is 12.0. The van der Waals surface area contributed by atoms with Crippen molar-refractivity contribution >= 4 is 37.2 Å². The van der Waals surface area contributed by atoms with E-state index in [2.05, 4.69) is 15.9 Å². The summed E-state index contributed by atoms with van der Waals surface area (Å²) in [5, 5.41) is 0. The maximum Gasteiger partial charge on any atom is 0.194 e. The van der Waals surface area contributed by atoms with E-state index in [9.17, 15) is 13.2 Å². The minimum absolute atomic E-state index is 0.162. The Hall–Kier alpha value is -0.880. The highest BCUT2D eigenvalue weighted by molar-refractivity contribution is 9.12. The molecule has 0 saturated heterocycles. The summed E-state index contributed by atoms with van der Waals surface area (Å²) in [6.45, 7) is 1.64. The van der Waals surface area contributed by atoms with Crippen LogP contribution in [0.1, 0.15) is 23.7 Å². The second kappa shape index (κ2) is 4.78. The van der Waals surface area contributed by atoms with E-state index in [-0.39, 0.29) is 6.42 Å². The van der Waals surface area contributed by atoms with Crippen molar-refractivity contribution in [2.24, 2.45) is 0 Å². The Morgan fingerprint density at radius 3 is 2.18 bits per heavy atom. The first-order valence-corrected chi connectivity index (χ1v) is 7.69. The van der Waals surface area contributed by atoms with Gasteiger partial charge in [-0.2, -0.15) is 0 Å². The van der Waals surface area contributed by atoms with Crippen molar-refractivity contribution in [3.8, 4) is 0 Å². The molecule has 0 aliphatic heterocycles. The van der Waals surface area contributed by atoms with Crippen LogP contribution in [0.5, 0.6) is 0 Å². The van der Waals surface area contributed by atoms with Crippen molar-refractivity contribution in [3.63, 3.8) is 0 Å². The first-order chi connectivity index (χ1) is 7.72. The minimum Gasteiger partial charge on any atom is -0.399 e. The quantitative estimate of drug-likeness (QED) is 0.523. The average Bonchev–Trinajstić information content (AvgIpc) is 2.26. The van der Waals surface area contributed by atoms with Crippen LogP contribution >= 0.6 is 15.9 Å². The molecule has 6 heteroatoms. The summed E-state index contributed by atoms with van der Waals surface area (Å²) >= 11 is 3.06. The molecule has 0 unspecified atom stereocenters. The lowest BCUT2D eigenvalue weighted by Gasteiger charge is -2.22. The Bertz CT molecular complexity index is 524. The molecule has 0 bridgehead atoms. The molecule has 1 rings (SSSR count). The average molecular weight is 320 g/mol.